The van der Waals surface area contributed by atoms with E-state index in [4.69, 9.17) is 0 Å². The lowest BCUT2D eigenvalue weighted by Crippen LogP contribution is -2.49. The van der Waals surface area contributed by atoms with Gasteiger partial charge in [0.2, 0.25) is 0 Å². The molecule has 2 heterocycles. The summed E-state index contributed by atoms with van der Waals surface area (Å²) in [5, 5.41) is 0. The van der Waals surface area contributed by atoms with Gasteiger partial charge < -0.3 is 4.90 Å². The van der Waals surface area contributed by atoms with Crippen molar-refractivity contribution < 1.29 is 0 Å². The van der Waals surface area contributed by atoms with E-state index in [9.17, 15) is 0 Å². The first kappa shape index (κ1) is 13.1. The Morgan fingerprint density at radius 1 is 1.32 bits per heavy atom. The fourth-order valence-corrected chi connectivity index (χ4v) is 4.39. The summed E-state index contributed by atoms with van der Waals surface area (Å²) >= 11 is 0. The lowest BCUT2D eigenvalue weighted by atomic mass is 9.66. The Hall–Kier alpha value is -0.890. The van der Waals surface area contributed by atoms with Crippen LogP contribution in [0.4, 0.5) is 0 Å². The van der Waals surface area contributed by atoms with Gasteiger partial charge in [0.05, 0.1) is 0 Å². The molecule has 1 aliphatic carbocycles. The van der Waals surface area contributed by atoms with Crippen LogP contribution >= 0.6 is 0 Å². The molecule has 0 amide bonds. The predicted octanol–water partition coefficient (Wildman–Crippen LogP) is 3.38. The highest BCUT2D eigenvalue weighted by atomic mass is 15.1. The van der Waals surface area contributed by atoms with E-state index < -0.39 is 0 Å². The normalized spacial score (nSPS) is 35.9. The first-order valence-electron chi connectivity index (χ1n) is 7.84. The molecule has 2 aliphatic rings. The molecule has 0 aromatic carbocycles. The number of likely N-dealkylation sites (tertiary alicyclic amines) is 1. The van der Waals surface area contributed by atoms with Crippen molar-refractivity contribution in [3.05, 3.63) is 30.1 Å². The molecule has 1 saturated heterocycles. The molecule has 0 radical (unpaired) electrons. The minimum atomic E-state index is 0.825. The van der Waals surface area contributed by atoms with Crippen molar-refractivity contribution in [2.45, 2.75) is 45.1 Å². The number of nitrogens with zero attached hydrogens (tertiary/aromatic N) is 2. The molecule has 0 bridgehead atoms. The molecule has 0 N–H and O–H groups in total. The minimum Gasteiger partial charge on any atom is -0.303 e. The molecule has 1 saturated carbocycles. The second-order valence-electron chi connectivity index (χ2n) is 6.72. The standard InChI is InChI=1S/C17H26N2/c1-13-10-14(12-15-6-3-4-8-18-15)16-7-5-9-19(2)17(16)11-13/h3-4,6,8,13-14,16-17H,5,7,9-12H2,1-2H3. The van der Waals surface area contributed by atoms with Crippen molar-refractivity contribution in [1.82, 2.24) is 9.88 Å². The van der Waals surface area contributed by atoms with Crippen molar-refractivity contribution >= 4 is 0 Å². The summed E-state index contributed by atoms with van der Waals surface area (Å²) in [6.45, 7) is 3.73. The van der Waals surface area contributed by atoms with Gasteiger partial charge in [-0.25, -0.2) is 0 Å². The quantitative estimate of drug-likeness (QED) is 0.808. The number of piperidine rings is 1. The van der Waals surface area contributed by atoms with Gasteiger partial charge in [-0.3, -0.25) is 4.98 Å². The van der Waals surface area contributed by atoms with Crippen LogP contribution in [-0.4, -0.2) is 29.5 Å². The van der Waals surface area contributed by atoms with Gasteiger partial charge >= 0.3 is 0 Å². The van der Waals surface area contributed by atoms with E-state index in [1.165, 1.54) is 44.3 Å². The largest absolute Gasteiger partial charge is 0.303 e. The number of fused-ring (bicyclic) bond motifs is 1. The van der Waals surface area contributed by atoms with Crippen LogP contribution in [0.25, 0.3) is 0 Å². The van der Waals surface area contributed by atoms with Gasteiger partial charge in [-0.15, -0.1) is 0 Å². The maximum Gasteiger partial charge on any atom is 0.0406 e. The second-order valence-corrected chi connectivity index (χ2v) is 6.72. The van der Waals surface area contributed by atoms with E-state index in [-0.39, 0.29) is 0 Å². The number of pyridine rings is 1. The number of aromatic nitrogens is 1. The van der Waals surface area contributed by atoms with Crippen LogP contribution in [-0.2, 0) is 6.42 Å². The van der Waals surface area contributed by atoms with E-state index in [2.05, 4.69) is 36.0 Å². The average Bonchev–Trinajstić information content (AvgIpc) is 2.41. The molecule has 4 unspecified atom stereocenters. The molecule has 0 spiro atoms. The maximum atomic E-state index is 4.54. The summed E-state index contributed by atoms with van der Waals surface area (Å²) in [5.74, 6) is 2.61. The lowest BCUT2D eigenvalue weighted by molar-refractivity contribution is 0.0221. The predicted molar refractivity (Wildman–Crippen MR) is 79.0 cm³/mol. The Morgan fingerprint density at radius 2 is 2.21 bits per heavy atom. The van der Waals surface area contributed by atoms with Crippen LogP contribution in [0.5, 0.6) is 0 Å². The molecule has 4 atom stereocenters. The molecule has 2 fully saturated rings. The van der Waals surface area contributed by atoms with Gasteiger partial charge in [0.25, 0.3) is 0 Å². The number of hydrogen-bond donors (Lipinski definition) is 0. The molecule has 104 valence electrons. The SMILES string of the molecule is CC1CC(Cc2ccccn2)C2CCCN(C)C2C1. The van der Waals surface area contributed by atoms with E-state index in [0.29, 0.717) is 0 Å². The summed E-state index contributed by atoms with van der Waals surface area (Å²) in [6, 6.07) is 7.16. The van der Waals surface area contributed by atoms with Gasteiger partial charge in [0.1, 0.15) is 0 Å². The Morgan fingerprint density at radius 3 is 3.00 bits per heavy atom. The summed E-state index contributed by atoms with van der Waals surface area (Å²) in [7, 11) is 2.33. The molecular weight excluding hydrogens is 232 g/mol. The molecule has 2 nitrogen and oxygen atoms in total. The zero-order chi connectivity index (χ0) is 13.2. The molecule has 2 heteroatoms. The van der Waals surface area contributed by atoms with Gasteiger partial charge in [0, 0.05) is 17.9 Å². The Bertz CT molecular complexity index is 403. The zero-order valence-electron chi connectivity index (χ0n) is 12.3. The van der Waals surface area contributed by atoms with Crippen molar-refractivity contribution in [1.29, 1.82) is 0 Å². The zero-order valence-corrected chi connectivity index (χ0v) is 12.3. The van der Waals surface area contributed by atoms with Crippen molar-refractivity contribution in [2.75, 3.05) is 13.6 Å². The smallest absolute Gasteiger partial charge is 0.0406 e. The third-order valence-electron chi connectivity index (χ3n) is 5.26. The van der Waals surface area contributed by atoms with E-state index in [1.54, 1.807) is 0 Å². The van der Waals surface area contributed by atoms with Crippen molar-refractivity contribution in [2.24, 2.45) is 17.8 Å². The van der Waals surface area contributed by atoms with E-state index >= 15 is 0 Å². The van der Waals surface area contributed by atoms with Crippen LogP contribution in [0.1, 0.15) is 38.3 Å². The summed E-state index contributed by atoms with van der Waals surface area (Å²) < 4.78 is 0. The van der Waals surface area contributed by atoms with Crippen LogP contribution in [0.15, 0.2) is 24.4 Å². The van der Waals surface area contributed by atoms with Gasteiger partial charge in [-0.2, -0.15) is 0 Å². The van der Waals surface area contributed by atoms with Crippen molar-refractivity contribution in [3.63, 3.8) is 0 Å². The highest BCUT2D eigenvalue weighted by Gasteiger charge is 2.39. The summed E-state index contributed by atoms with van der Waals surface area (Å²) in [5.41, 5.74) is 1.29. The van der Waals surface area contributed by atoms with Crippen LogP contribution < -0.4 is 0 Å². The second kappa shape index (κ2) is 5.62. The van der Waals surface area contributed by atoms with Gasteiger partial charge in [-0.05, 0) is 75.6 Å². The molecule has 1 aromatic rings. The van der Waals surface area contributed by atoms with Crippen LogP contribution in [0, 0.1) is 17.8 Å². The first-order chi connectivity index (χ1) is 9.24. The molecule has 3 rings (SSSR count). The summed E-state index contributed by atoms with van der Waals surface area (Å²) in [6.07, 6.45) is 8.72. The topological polar surface area (TPSA) is 16.1 Å². The Labute approximate surface area is 117 Å². The fourth-order valence-electron chi connectivity index (χ4n) is 4.39. The summed E-state index contributed by atoms with van der Waals surface area (Å²) in [4.78, 5) is 7.16. The van der Waals surface area contributed by atoms with Gasteiger partial charge in [-0.1, -0.05) is 13.0 Å². The highest BCUT2D eigenvalue weighted by molar-refractivity contribution is 5.06. The van der Waals surface area contributed by atoms with E-state index in [1.807, 2.05) is 12.3 Å². The lowest BCUT2D eigenvalue weighted by Gasteiger charge is -2.48. The monoisotopic (exact) mass is 258 g/mol. The first-order valence-corrected chi connectivity index (χ1v) is 7.84. The molecule has 1 aliphatic heterocycles. The molecule has 1 aromatic heterocycles. The van der Waals surface area contributed by atoms with E-state index in [0.717, 1.165) is 23.8 Å². The van der Waals surface area contributed by atoms with Gasteiger partial charge in [0.15, 0.2) is 0 Å². The maximum absolute atomic E-state index is 4.54. The highest BCUT2D eigenvalue weighted by Crippen LogP contribution is 2.42. The Kier molecular flexibility index (Phi) is 3.88. The average molecular weight is 258 g/mol. The third-order valence-corrected chi connectivity index (χ3v) is 5.26. The number of hydrogen-bond acceptors (Lipinski definition) is 2. The fraction of sp³-hybridized carbons (Fsp3) is 0.706. The van der Waals surface area contributed by atoms with Crippen LogP contribution in [0.2, 0.25) is 0 Å². The minimum absolute atomic E-state index is 0.825. The number of rotatable bonds is 2. The third kappa shape index (κ3) is 2.84. The van der Waals surface area contributed by atoms with Crippen LogP contribution in [0.3, 0.4) is 0 Å². The molecular formula is C17H26N2. The Balaban J connectivity index is 1.75. The van der Waals surface area contributed by atoms with Crippen molar-refractivity contribution in [3.8, 4) is 0 Å². The molecule has 19 heavy (non-hydrogen) atoms.